The molecule has 0 aromatic heterocycles. The molecule has 3 atom stereocenters. The zero-order chi connectivity index (χ0) is 13.8. The first-order valence-electron chi connectivity index (χ1n) is 8.10. The SMILES string of the molecule is CCC(C)C1CCCCC1C(=O)N1CCC(O)CC1. The van der Waals surface area contributed by atoms with Gasteiger partial charge in [-0.3, -0.25) is 4.79 Å². The third-order valence-electron chi connectivity index (χ3n) is 5.29. The van der Waals surface area contributed by atoms with Gasteiger partial charge in [0.25, 0.3) is 0 Å². The lowest BCUT2D eigenvalue weighted by atomic mass is 9.71. The largest absolute Gasteiger partial charge is 0.393 e. The van der Waals surface area contributed by atoms with Gasteiger partial charge in [-0.15, -0.1) is 0 Å². The van der Waals surface area contributed by atoms with Crippen molar-refractivity contribution in [2.75, 3.05) is 13.1 Å². The fraction of sp³-hybridized carbons (Fsp3) is 0.938. The van der Waals surface area contributed by atoms with Crippen molar-refractivity contribution in [3.8, 4) is 0 Å². The second-order valence-electron chi connectivity index (χ2n) is 6.50. The number of carbonyl (C=O) groups is 1. The minimum Gasteiger partial charge on any atom is -0.393 e. The Morgan fingerprint density at radius 1 is 1.21 bits per heavy atom. The minimum absolute atomic E-state index is 0.194. The molecule has 1 heterocycles. The van der Waals surface area contributed by atoms with Gasteiger partial charge in [0.05, 0.1) is 6.10 Å². The highest BCUT2D eigenvalue weighted by atomic mass is 16.3. The molecule has 19 heavy (non-hydrogen) atoms. The van der Waals surface area contributed by atoms with E-state index in [2.05, 4.69) is 13.8 Å². The Kier molecular flexibility index (Phi) is 5.26. The molecule has 1 N–H and O–H groups in total. The van der Waals surface area contributed by atoms with Crippen LogP contribution in [-0.4, -0.2) is 35.1 Å². The summed E-state index contributed by atoms with van der Waals surface area (Å²) >= 11 is 0. The van der Waals surface area contributed by atoms with Crippen LogP contribution in [-0.2, 0) is 4.79 Å². The van der Waals surface area contributed by atoms with Crippen molar-refractivity contribution in [3.05, 3.63) is 0 Å². The highest BCUT2D eigenvalue weighted by molar-refractivity contribution is 5.79. The molecule has 1 saturated carbocycles. The van der Waals surface area contributed by atoms with Gasteiger partial charge in [-0.1, -0.05) is 33.1 Å². The first kappa shape index (κ1) is 14.8. The smallest absolute Gasteiger partial charge is 0.225 e. The third kappa shape index (κ3) is 3.50. The normalized spacial score (nSPS) is 31.2. The predicted molar refractivity (Wildman–Crippen MR) is 76.7 cm³/mol. The van der Waals surface area contributed by atoms with Gasteiger partial charge in [-0.25, -0.2) is 0 Å². The van der Waals surface area contributed by atoms with Crippen LogP contribution in [0.4, 0.5) is 0 Å². The van der Waals surface area contributed by atoms with Crippen molar-refractivity contribution in [2.45, 2.75) is 64.9 Å². The summed E-state index contributed by atoms with van der Waals surface area (Å²) in [6.07, 6.45) is 7.29. The van der Waals surface area contributed by atoms with E-state index in [0.717, 1.165) is 32.4 Å². The maximum Gasteiger partial charge on any atom is 0.225 e. The molecule has 2 aliphatic rings. The van der Waals surface area contributed by atoms with E-state index in [0.29, 0.717) is 17.7 Å². The molecule has 0 radical (unpaired) electrons. The number of likely N-dealkylation sites (tertiary alicyclic amines) is 1. The van der Waals surface area contributed by atoms with Gasteiger partial charge in [0.2, 0.25) is 5.91 Å². The molecule has 3 unspecified atom stereocenters. The number of hydrogen-bond acceptors (Lipinski definition) is 2. The molecule has 3 heteroatoms. The Morgan fingerprint density at radius 2 is 1.84 bits per heavy atom. The second-order valence-corrected chi connectivity index (χ2v) is 6.50. The molecule has 0 bridgehead atoms. The van der Waals surface area contributed by atoms with E-state index in [1.165, 1.54) is 25.7 Å². The summed E-state index contributed by atoms with van der Waals surface area (Å²) in [7, 11) is 0. The van der Waals surface area contributed by atoms with Crippen molar-refractivity contribution < 1.29 is 9.90 Å². The van der Waals surface area contributed by atoms with E-state index in [1.54, 1.807) is 0 Å². The van der Waals surface area contributed by atoms with Crippen LogP contribution in [0.1, 0.15) is 58.8 Å². The summed E-state index contributed by atoms with van der Waals surface area (Å²) < 4.78 is 0. The van der Waals surface area contributed by atoms with Crippen molar-refractivity contribution >= 4 is 5.91 Å². The van der Waals surface area contributed by atoms with Crippen LogP contribution in [0.5, 0.6) is 0 Å². The maximum absolute atomic E-state index is 12.7. The molecule has 0 spiro atoms. The number of aliphatic hydroxyl groups is 1. The van der Waals surface area contributed by atoms with Gasteiger partial charge < -0.3 is 10.0 Å². The molecule has 1 aliphatic carbocycles. The molecule has 110 valence electrons. The number of nitrogens with zero attached hydrogens (tertiary/aromatic N) is 1. The van der Waals surface area contributed by atoms with Crippen molar-refractivity contribution in [3.63, 3.8) is 0 Å². The van der Waals surface area contributed by atoms with E-state index in [9.17, 15) is 9.90 Å². The maximum atomic E-state index is 12.7. The Morgan fingerprint density at radius 3 is 2.47 bits per heavy atom. The van der Waals surface area contributed by atoms with Crippen LogP contribution in [0.25, 0.3) is 0 Å². The summed E-state index contributed by atoms with van der Waals surface area (Å²) in [5.41, 5.74) is 0. The summed E-state index contributed by atoms with van der Waals surface area (Å²) in [5.74, 6) is 1.86. The van der Waals surface area contributed by atoms with Crippen LogP contribution in [0.15, 0.2) is 0 Å². The molecule has 2 rings (SSSR count). The number of hydrogen-bond donors (Lipinski definition) is 1. The lowest BCUT2D eigenvalue weighted by Crippen LogP contribution is -2.46. The van der Waals surface area contributed by atoms with Crippen LogP contribution >= 0.6 is 0 Å². The highest BCUT2D eigenvalue weighted by Gasteiger charge is 2.36. The monoisotopic (exact) mass is 267 g/mol. The van der Waals surface area contributed by atoms with E-state index in [1.807, 2.05) is 4.90 Å². The molecule has 1 amide bonds. The number of piperidine rings is 1. The molecular weight excluding hydrogens is 238 g/mol. The Labute approximate surface area is 117 Å². The van der Waals surface area contributed by atoms with E-state index < -0.39 is 0 Å². The van der Waals surface area contributed by atoms with Crippen molar-refractivity contribution in [2.24, 2.45) is 17.8 Å². The number of rotatable bonds is 3. The standard InChI is InChI=1S/C16H29NO2/c1-3-12(2)14-6-4-5-7-15(14)16(19)17-10-8-13(18)9-11-17/h12-15,18H,3-11H2,1-2H3. The van der Waals surface area contributed by atoms with Crippen LogP contribution < -0.4 is 0 Å². The quantitative estimate of drug-likeness (QED) is 0.854. The summed E-state index contributed by atoms with van der Waals surface area (Å²) in [5, 5.41) is 9.56. The molecule has 1 aliphatic heterocycles. The highest BCUT2D eigenvalue weighted by Crippen LogP contribution is 2.37. The second kappa shape index (κ2) is 6.74. The van der Waals surface area contributed by atoms with Gasteiger partial charge >= 0.3 is 0 Å². The third-order valence-corrected chi connectivity index (χ3v) is 5.29. The van der Waals surface area contributed by atoms with Crippen LogP contribution in [0, 0.1) is 17.8 Å². The van der Waals surface area contributed by atoms with Crippen molar-refractivity contribution in [1.82, 2.24) is 4.90 Å². The van der Waals surface area contributed by atoms with Gasteiger partial charge in [0, 0.05) is 19.0 Å². The number of aliphatic hydroxyl groups excluding tert-OH is 1. The lowest BCUT2D eigenvalue weighted by molar-refractivity contribution is -0.141. The Hall–Kier alpha value is -0.570. The Bertz CT molecular complexity index is 297. The number of amides is 1. The zero-order valence-corrected chi connectivity index (χ0v) is 12.5. The average molecular weight is 267 g/mol. The minimum atomic E-state index is -0.194. The van der Waals surface area contributed by atoms with Gasteiger partial charge in [-0.05, 0) is 37.5 Å². The van der Waals surface area contributed by atoms with E-state index in [4.69, 9.17) is 0 Å². The van der Waals surface area contributed by atoms with Crippen LogP contribution in [0.3, 0.4) is 0 Å². The van der Waals surface area contributed by atoms with Gasteiger partial charge in [0.1, 0.15) is 0 Å². The topological polar surface area (TPSA) is 40.5 Å². The fourth-order valence-electron chi connectivity index (χ4n) is 3.77. The Balaban J connectivity index is 1.99. The van der Waals surface area contributed by atoms with E-state index >= 15 is 0 Å². The summed E-state index contributed by atoms with van der Waals surface area (Å²) in [6.45, 7) is 6.04. The predicted octanol–water partition coefficient (Wildman–Crippen LogP) is 2.82. The average Bonchev–Trinajstić information content (AvgIpc) is 2.46. The first-order chi connectivity index (χ1) is 9.13. The molecular formula is C16H29NO2. The molecule has 2 fully saturated rings. The molecule has 0 aromatic rings. The molecule has 0 aromatic carbocycles. The summed E-state index contributed by atoms with van der Waals surface area (Å²) in [6, 6.07) is 0. The summed E-state index contributed by atoms with van der Waals surface area (Å²) in [4.78, 5) is 14.7. The fourth-order valence-corrected chi connectivity index (χ4v) is 3.77. The molecule has 3 nitrogen and oxygen atoms in total. The number of carbonyl (C=O) groups excluding carboxylic acids is 1. The van der Waals surface area contributed by atoms with Gasteiger partial charge in [-0.2, -0.15) is 0 Å². The first-order valence-corrected chi connectivity index (χ1v) is 8.10. The zero-order valence-electron chi connectivity index (χ0n) is 12.5. The van der Waals surface area contributed by atoms with Gasteiger partial charge in [0.15, 0.2) is 0 Å². The molecule has 1 saturated heterocycles. The van der Waals surface area contributed by atoms with Crippen molar-refractivity contribution in [1.29, 1.82) is 0 Å². The van der Waals surface area contributed by atoms with Crippen LogP contribution in [0.2, 0.25) is 0 Å². The van der Waals surface area contributed by atoms with E-state index in [-0.39, 0.29) is 12.0 Å². The lowest BCUT2D eigenvalue weighted by Gasteiger charge is -2.39.